The van der Waals surface area contributed by atoms with Crippen LogP contribution in [0.1, 0.15) is 29.2 Å². The van der Waals surface area contributed by atoms with Crippen molar-refractivity contribution in [2.75, 3.05) is 0 Å². The van der Waals surface area contributed by atoms with Gasteiger partial charge >= 0.3 is 0 Å². The molecular formula is C26H21N. The van der Waals surface area contributed by atoms with E-state index in [9.17, 15) is 0 Å². The van der Waals surface area contributed by atoms with Crippen molar-refractivity contribution in [1.82, 2.24) is 0 Å². The van der Waals surface area contributed by atoms with Crippen LogP contribution in [0.5, 0.6) is 0 Å². The molecular weight excluding hydrogens is 326 g/mol. The Kier molecular flexibility index (Phi) is 3.29. The van der Waals surface area contributed by atoms with Crippen LogP contribution >= 0.6 is 0 Å². The second-order valence-corrected chi connectivity index (χ2v) is 7.21. The fourth-order valence-corrected chi connectivity index (χ4v) is 4.85. The van der Waals surface area contributed by atoms with Gasteiger partial charge in [0.15, 0.2) is 0 Å². The lowest BCUT2D eigenvalue weighted by Crippen LogP contribution is -2.26. The topological polar surface area (TPSA) is 26.0 Å². The van der Waals surface area contributed by atoms with Crippen molar-refractivity contribution >= 4 is 5.57 Å². The molecule has 0 aromatic heterocycles. The van der Waals surface area contributed by atoms with Gasteiger partial charge in [-0.25, -0.2) is 0 Å². The second kappa shape index (κ2) is 5.59. The van der Waals surface area contributed by atoms with Crippen molar-refractivity contribution in [2.45, 2.75) is 12.3 Å². The van der Waals surface area contributed by atoms with Gasteiger partial charge in [-0.1, -0.05) is 85.5 Å². The number of benzene rings is 3. The van der Waals surface area contributed by atoms with Gasteiger partial charge in [-0.15, -0.1) is 0 Å². The second-order valence-electron chi connectivity index (χ2n) is 7.21. The maximum absolute atomic E-state index is 6.28. The molecule has 2 N–H and O–H groups in total. The first-order valence-corrected chi connectivity index (χ1v) is 9.32. The summed E-state index contributed by atoms with van der Waals surface area (Å²) in [6.07, 6.45) is 4.06. The highest BCUT2D eigenvalue weighted by molar-refractivity contribution is 5.99. The average Bonchev–Trinajstić information content (AvgIpc) is 3.15. The van der Waals surface area contributed by atoms with Gasteiger partial charge in [-0.2, -0.15) is 0 Å². The summed E-state index contributed by atoms with van der Waals surface area (Å²) in [5.41, 5.74) is 16.6. The molecule has 0 heterocycles. The van der Waals surface area contributed by atoms with E-state index in [0.29, 0.717) is 0 Å². The Labute approximate surface area is 160 Å². The Morgan fingerprint density at radius 3 is 1.74 bits per heavy atom. The fraction of sp³-hybridized carbons (Fsp3) is 0.0769. The van der Waals surface area contributed by atoms with Gasteiger partial charge in [0.05, 0.1) is 5.41 Å². The number of nitrogens with two attached hydrogens (primary N) is 1. The van der Waals surface area contributed by atoms with Gasteiger partial charge in [0, 0.05) is 5.70 Å². The lowest BCUT2D eigenvalue weighted by Gasteiger charge is -2.30. The minimum absolute atomic E-state index is 0.353. The average molecular weight is 347 g/mol. The van der Waals surface area contributed by atoms with Crippen LogP contribution in [0.15, 0.2) is 103 Å². The SMILES string of the molecule is C=C1/C(=C\C(N)=C/C)C2(c3ccccc31)c1ccccc1-c1ccccc12. The molecule has 0 unspecified atom stereocenters. The van der Waals surface area contributed by atoms with Crippen molar-refractivity contribution < 1.29 is 0 Å². The molecule has 130 valence electrons. The lowest BCUT2D eigenvalue weighted by atomic mass is 9.70. The molecule has 0 aliphatic heterocycles. The molecule has 3 aromatic rings. The fourth-order valence-electron chi connectivity index (χ4n) is 4.85. The van der Waals surface area contributed by atoms with Crippen molar-refractivity contribution in [3.05, 3.63) is 125 Å². The van der Waals surface area contributed by atoms with E-state index in [1.807, 2.05) is 13.0 Å². The monoisotopic (exact) mass is 347 g/mol. The molecule has 3 aromatic carbocycles. The summed E-state index contributed by atoms with van der Waals surface area (Å²) in [5.74, 6) is 0. The third-order valence-corrected chi connectivity index (χ3v) is 5.98. The van der Waals surface area contributed by atoms with Crippen LogP contribution < -0.4 is 5.73 Å². The van der Waals surface area contributed by atoms with Crippen LogP contribution in [-0.4, -0.2) is 0 Å². The number of hydrogen-bond donors (Lipinski definition) is 1. The Bertz CT molecular complexity index is 1110. The summed E-state index contributed by atoms with van der Waals surface area (Å²) in [6, 6.07) is 26.1. The Hall–Kier alpha value is -3.32. The maximum Gasteiger partial charge on any atom is 0.0726 e. The van der Waals surface area contributed by atoms with E-state index in [0.717, 1.165) is 11.3 Å². The molecule has 0 bridgehead atoms. The third kappa shape index (κ3) is 1.89. The number of rotatable bonds is 1. The molecule has 2 aliphatic carbocycles. The molecule has 1 nitrogen and oxygen atoms in total. The summed E-state index contributed by atoms with van der Waals surface area (Å²) < 4.78 is 0. The smallest absolute Gasteiger partial charge is 0.0726 e. The van der Waals surface area contributed by atoms with Gasteiger partial charge in [0.1, 0.15) is 0 Å². The predicted octanol–water partition coefficient (Wildman–Crippen LogP) is 5.82. The Morgan fingerprint density at radius 2 is 1.22 bits per heavy atom. The van der Waals surface area contributed by atoms with E-state index in [1.54, 1.807) is 0 Å². The van der Waals surface area contributed by atoms with E-state index in [4.69, 9.17) is 5.73 Å². The number of fused-ring (bicyclic) bond motifs is 7. The van der Waals surface area contributed by atoms with Crippen molar-refractivity contribution in [1.29, 1.82) is 0 Å². The van der Waals surface area contributed by atoms with Crippen LogP contribution in [-0.2, 0) is 5.41 Å². The zero-order valence-electron chi connectivity index (χ0n) is 15.4. The van der Waals surface area contributed by atoms with E-state index in [-0.39, 0.29) is 5.41 Å². The molecule has 1 spiro atoms. The molecule has 0 radical (unpaired) electrons. The zero-order valence-corrected chi connectivity index (χ0v) is 15.4. The lowest BCUT2D eigenvalue weighted by molar-refractivity contribution is 0.793. The van der Waals surface area contributed by atoms with E-state index < -0.39 is 0 Å². The van der Waals surface area contributed by atoms with Gasteiger partial charge in [-0.05, 0) is 57.5 Å². The Morgan fingerprint density at radius 1 is 0.778 bits per heavy atom. The van der Waals surface area contributed by atoms with Gasteiger partial charge in [0.2, 0.25) is 0 Å². The minimum atomic E-state index is -0.353. The summed E-state index contributed by atoms with van der Waals surface area (Å²) in [6.45, 7) is 6.45. The number of allylic oxidation sites excluding steroid dienone is 4. The first-order valence-electron chi connectivity index (χ1n) is 9.32. The summed E-state index contributed by atoms with van der Waals surface area (Å²) in [4.78, 5) is 0. The minimum Gasteiger partial charge on any atom is -0.399 e. The van der Waals surface area contributed by atoms with E-state index in [2.05, 4.69) is 85.5 Å². The van der Waals surface area contributed by atoms with Gasteiger partial charge in [0.25, 0.3) is 0 Å². The quantitative estimate of drug-likeness (QED) is 0.590. The maximum atomic E-state index is 6.28. The molecule has 0 saturated heterocycles. The van der Waals surface area contributed by atoms with E-state index >= 15 is 0 Å². The largest absolute Gasteiger partial charge is 0.399 e. The molecule has 0 saturated carbocycles. The van der Waals surface area contributed by atoms with Crippen molar-refractivity contribution in [3.8, 4) is 11.1 Å². The molecule has 1 heteroatoms. The summed E-state index contributed by atoms with van der Waals surface area (Å²) in [5, 5.41) is 0. The highest BCUT2D eigenvalue weighted by atomic mass is 14.6. The van der Waals surface area contributed by atoms with Crippen LogP contribution in [0.2, 0.25) is 0 Å². The standard InChI is InChI=1S/C26H21N/c1-3-18(27)16-25-17(2)19-10-4-7-13-22(19)26(25)23-14-8-5-11-20(23)21-12-6-9-15-24(21)26/h3-16H,2,27H2,1H3/b18-3+,25-16+. The first kappa shape index (κ1) is 15.9. The highest BCUT2D eigenvalue weighted by Gasteiger charge is 2.52. The summed E-state index contributed by atoms with van der Waals surface area (Å²) in [7, 11) is 0. The van der Waals surface area contributed by atoms with Crippen LogP contribution in [0, 0.1) is 0 Å². The Balaban J connectivity index is 2.00. The molecule has 27 heavy (non-hydrogen) atoms. The molecule has 0 fully saturated rings. The van der Waals surface area contributed by atoms with Crippen molar-refractivity contribution in [2.24, 2.45) is 5.73 Å². The van der Waals surface area contributed by atoms with E-state index in [1.165, 1.54) is 39.0 Å². The van der Waals surface area contributed by atoms with Crippen molar-refractivity contribution in [3.63, 3.8) is 0 Å². The third-order valence-electron chi connectivity index (χ3n) is 5.98. The first-order chi connectivity index (χ1) is 13.2. The summed E-state index contributed by atoms with van der Waals surface area (Å²) >= 11 is 0. The zero-order chi connectivity index (χ0) is 18.6. The van der Waals surface area contributed by atoms with Crippen LogP contribution in [0.25, 0.3) is 16.7 Å². The normalized spacial score (nSPS) is 17.9. The van der Waals surface area contributed by atoms with Crippen LogP contribution in [0.4, 0.5) is 0 Å². The highest BCUT2D eigenvalue weighted by Crippen LogP contribution is 2.63. The van der Waals surface area contributed by atoms with Crippen LogP contribution in [0.3, 0.4) is 0 Å². The number of hydrogen-bond acceptors (Lipinski definition) is 1. The van der Waals surface area contributed by atoms with Gasteiger partial charge in [-0.3, -0.25) is 0 Å². The predicted molar refractivity (Wildman–Crippen MR) is 113 cm³/mol. The molecule has 0 amide bonds. The molecule has 0 atom stereocenters. The van der Waals surface area contributed by atoms with Gasteiger partial charge < -0.3 is 5.73 Å². The molecule has 5 rings (SSSR count). The molecule has 2 aliphatic rings.